The molecule has 1 aromatic rings. The van der Waals surface area contributed by atoms with Crippen LogP contribution in [0.1, 0.15) is 0 Å². The highest BCUT2D eigenvalue weighted by Crippen LogP contribution is 2.16. The first-order valence-corrected chi connectivity index (χ1v) is 6.65. The predicted molar refractivity (Wildman–Crippen MR) is 71.7 cm³/mol. The van der Waals surface area contributed by atoms with Gasteiger partial charge in [0.05, 0.1) is 0 Å². The third-order valence-electron chi connectivity index (χ3n) is 2.31. The van der Waals surface area contributed by atoms with Gasteiger partial charge in [0.1, 0.15) is 0 Å². The van der Waals surface area contributed by atoms with Gasteiger partial charge < -0.3 is 11.5 Å². The lowest BCUT2D eigenvalue weighted by Gasteiger charge is -2.20. The lowest BCUT2D eigenvalue weighted by atomic mass is 10.4. The van der Waals surface area contributed by atoms with Crippen molar-refractivity contribution >= 4 is 11.8 Å². The quantitative estimate of drug-likeness (QED) is 0.665. The van der Waals surface area contributed by atoms with Crippen LogP contribution in [-0.4, -0.2) is 43.4 Å². The second-order valence-corrected chi connectivity index (χ2v) is 4.75. The average molecular weight is 239 g/mol. The van der Waals surface area contributed by atoms with Gasteiger partial charge in [-0.1, -0.05) is 18.2 Å². The van der Waals surface area contributed by atoms with Crippen molar-refractivity contribution in [3.8, 4) is 0 Å². The van der Waals surface area contributed by atoms with Crippen LogP contribution < -0.4 is 11.5 Å². The fraction of sp³-hybridized carbons (Fsp3) is 0.500. The molecule has 0 aliphatic rings. The molecule has 16 heavy (non-hydrogen) atoms. The maximum absolute atomic E-state index is 5.55. The van der Waals surface area contributed by atoms with E-state index in [0.717, 1.165) is 25.4 Å². The second-order valence-electron chi connectivity index (χ2n) is 3.58. The molecule has 0 saturated heterocycles. The van der Waals surface area contributed by atoms with Crippen LogP contribution in [0.2, 0.25) is 0 Å². The maximum Gasteiger partial charge on any atom is 0.0108 e. The van der Waals surface area contributed by atoms with Gasteiger partial charge in [-0.05, 0) is 12.1 Å². The van der Waals surface area contributed by atoms with E-state index < -0.39 is 0 Å². The van der Waals surface area contributed by atoms with Crippen molar-refractivity contribution in [1.29, 1.82) is 0 Å². The van der Waals surface area contributed by atoms with Gasteiger partial charge in [-0.25, -0.2) is 0 Å². The highest BCUT2D eigenvalue weighted by molar-refractivity contribution is 7.99. The van der Waals surface area contributed by atoms with E-state index >= 15 is 0 Å². The van der Waals surface area contributed by atoms with Crippen molar-refractivity contribution in [2.75, 3.05) is 38.5 Å². The first-order valence-electron chi connectivity index (χ1n) is 5.67. The van der Waals surface area contributed by atoms with Gasteiger partial charge in [0, 0.05) is 43.4 Å². The molecule has 0 aliphatic heterocycles. The summed E-state index contributed by atoms with van der Waals surface area (Å²) in [6.07, 6.45) is 0. The fourth-order valence-electron chi connectivity index (χ4n) is 1.51. The Bertz CT molecular complexity index is 260. The van der Waals surface area contributed by atoms with E-state index in [2.05, 4.69) is 29.2 Å². The first kappa shape index (κ1) is 13.5. The molecule has 0 aromatic heterocycles. The lowest BCUT2D eigenvalue weighted by molar-refractivity contribution is 0.307. The second kappa shape index (κ2) is 8.58. The Balaban J connectivity index is 2.22. The molecule has 0 heterocycles. The summed E-state index contributed by atoms with van der Waals surface area (Å²) in [6, 6.07) is 10.5. The number of nitrogens with two attached hydrogens (primary N) is 2. The Labute approximate surface area is 102 Å². The maximum atomic E-state index is 5.55. The van der Waals surface area contributed by atoms with E-state index in [0.29, 0.717) is 13.1 Å². The van der Waals surface area contributed by atoms with E-state index in [4.69, 9.17) is 11.5 Å². The van der Waals surface area contributed by atoms with E-state index in [9.17, 15) is 0 Å². The molecule has 0 amide bonds. The smallest absolute Gasteiger partial charge is 0.0108 e. The van der Waals surface area contributed by atoms with Crippen molar-refractivity contribution < 1.29 is 0 Å². The number of benzene rings is 1. The van der Waals surface area contributed by atoms with Crippen molar-refractivity contribution in [3.63, 3.8) is 0 Å². The molecule has 0 unspecified atom stereocenters. The summed E-state index contributed by atoms with van der Waals surface area (Å²) in [5.41, 5.74) is 11.1. The zero-order valence-corrected chi connectivity index (χ0v) is 10.5. The molecule has 0 fully saturated rings. The van der Waals surface area contributed by atoms with Crippen LogP contribution in [0.3, 0.4) is 0 Å². The molecule has 0 atom stereocenters. The lowest BCUT2D eigenvalue weighted by Crippen LogP contribution is -2.35. The van der Waals surface area contributed by atoms with Crippen LogP contribution in [0.4, 0.5) is 0 Å². The molecule has 0 bridgehead atoms. The zero-order valence-electron chi connectivity index (χ0n) is 9.64. The summed E-state index contributed by atoms with van der Waals surface area (Å²) < 4.78 is 0. The Morgan fingerprint density at radius 2 is 1.56 bits per heavy atom. The average Bonchev–Trinajstić information content (AvgIpc) is 2.31. The summed E-state index contributed by atoms with van der Waals surface area (Å²) in [7, 11) is 0. The van der Waals surface area contributed by atoms with Crippen LogP contribution in [0.25, 0.3) is 0 Å². The molecule has 4 N–H and O–H groups in total. The largest absolute Gasteiger partial charge is 0.329 e. The van der Waals surface area contributed by atoms with E-state index in [1.54, 1.807) is 0 Å². The van der Waals surface area contributed by atoms with E-state index in [1.807, 2.05) is 17.8 Å². The van der Waals surface area contributed by atoms with Gasteiger partial charge in [-0.15, -0.1) is 11.8 Å². The highest BCUT2D eigenvalue weighted by Gasteiger charge is 2.02. The zero-order chi connectivity index (χ0) is 11.6. The molecule has 0 spiro atoms. The monoisotopic (exact) mass is 239 g/mol. The van der Waals surface area contributed by atoms with Crippen molar-refractivity contribution in [2.45, 2.75) is 4.90 Å². The summed E-state index contributed by atoms with van der Waals surface area (Å²) >= 11 is 1.88. The van der Waals surface area contributed by atoms with Crippen LogP contribution in [-0.2, 0) is 0 Å². The fourth-order valence-corrected chi connectivity index (χ4v) is 2.44. The molecular formula is C12H21N3S. The first-order chi connectivity index (χ1) is 7.86. The minimum atomic E-state index is 0.704. The molecule has 3 nitrogen and oxygen atoms in total. The van der Waals surface area contributed by atoms with Gasteiger partial charge in [-0.2, -0.15) is 0 Å². The third kappa shape index (κ3) is 5.51. The van der Waals surface area contributed by atoms with Crippen molar-refractivity contribution in [2.24, 2.45) is 11.5 Å². The van der Waals surface area contributed by atoms with Crippen LogP contribution >= 0.6 is 11.8 Å². The van der Waals surface area contributed by atoms with Crippen molar-refractivity contribution in [3.05, 3.63) is 30.3 Å². The predicted octanol–water partition coefficient (Wildman–Crippen LogP) is 0.998. The summed E-state index contributed by atoms with van der Waals surface area (Å²) in [5, 5.41) is 0. The molecule has 0 radical (unpaired) electrons. The van der Waals surface area contributed by atoms with Gasteiger partial charge in [0.2, 0.25) is 0 Å². The van der Waals surface area contributed by atoms with Gasteiger partial charge >= 0.3 is 0 Å². The van der Waals surface area contributed by atoms with E-state index in [-0.39, 0.29) is 0 Å². The van der Waals surface area contributed by atoms with Gasteiger partial charge in [-0.3, -0.25) is 4.90 Å². The van der Waals surface area contributed by atoms with Crippen LogP contribution in [0, 0.1) is 0 Å². The number of thioether (sulfide) groups is 1. The minimum Gasteiger partial charge on any atom is -0.329 e. The summed E-state index contributed by atoms with van der Waals surface area (Å²) in [5.74, 6) is 1.09. The summed E-state index contributed by atoms with van der Waals surface area (Å²) in [4.78, 5) is 3.64. The summed E-state index contributed by atoms with van der Waals surface area (Å²) in [6.45, 7) is 4.33. The van der Waals surface area contributed by atoms with Gasteiger partial charge in [0.15, 0.2) is 0 Å². The minimum absolute atomic E-state index is 0.704. The molecule has 1 aromatic carbocycles. The Hall–Kier alpha value is -0.550. The number of hydrogen-bond donors (Lipinski definition) is 2. The highest BCUT2D eigenvalue weighted by atomic mass is 32.2. The molecular weight excluding hydrogens is 218 g/mol. The van der Waals surface area contributed by atoms with Crippen molar-refractivity contribution in [1.82, 2.24) is 4.90 Å². The molecule has 0 aliphatic carbocycles. The Kier molecular flexibility index (Phi) is 7.25. The number of nitrogens with zero attached hydrogens (tertiary/aromatic N) is 1. The normalized spacial score (nSPS) is 10.9. The van der Waals surface area contributed by atoms with Crippen LogP contribution in [0.15, 0.2) is 35.2 Å². The topological polar surface area (TPSA) is 55.3 Å². The molecule has 4 heteroatoms. The number of hydrogen-bond acceptors (Lipinski definition) is 4. The molecule has 90 valence electrons. The van der Waals surface area contributed by atoms with Crippen LogP contribution in [0.5, 0.6) is 0 Å². The SMILES string of the molecule is NCCN(CCN)CCSc1ccccc1. The Morgan fingerprint density at radius 1 is 0.938 bits per heavy atom. The standard InChI is InChI=1S/C12H21N3S/c13-6-8-15(9-7-14)10-11-16-12-4-2-1-3-5-12/h1-5H,6-11,13-14H2. The number of rotatable bonds is 8. The molecule has 0 saturated carbocycles. The molecule has 1 rings (SSSR count). The Morgan fingerprint density at radius 3 is 2.12 bits per heavy atom. The van der Waals surface area contributed by atoms with Gasteiger partial charge in [0.25, 0.3) is 0 Å². The third-order valence-corrected chi connectivity index (χ3v) is 3.30. The van der Waals surface area contributed by atoms with E-state index in [1.165, 1.54) is 4.90 Å².